The van der Waals surface area contributed by atoms with Crippen molar-refractivity contribution < 1.29 is 0 Å². The summed E-state index contributed by atoms with van der Waals surface area (Å²) in [7, 11) is 0. The zero-order chi connectivity index (χ0) is 7.68. The van der Waals surface area contributed by atoms with Crippen LogP contribution in [0, 0.1) is 0 Å². The average Bonchev–Trinajstić information content (AvgIpc) is 2.55. The fourth-order valence-corrected chi connectivity index (χ4v) is 2.42. The number of nitrogens with one attached hydrogen (secondary N) is 1. The monoisotopic (exact) mass is 170 g/mol. The highest BCUT2D eigenvalue weighted by Gasteiger charge is 2.29. The lowest BCUT2D eigenvalue weighted by Gasteiger charge is -2.27. The fourth-order valence-electron chi connectivity index (χ4n) is 2.42. The van der Waals surface area contributed by atoms with Crippen molar-refractivity contribution >= 4 is 0 Å². The van der Waals surface area contributed by atoms with E-state index in [1.165, 1.54) is 38.9 Å². The molecule has 2 heterocycles. The van der Waals surface area contributed by atoms with Crippen LogP contribution in [0.4, 0.5) is 0 Å². The minimum Gasteiger partial charge on any atom is -0.315 e. The average molecular weight is 170 g/mol. The van der Waals surface area contributed by atoms with E-state index in [2.05, 4.69) is 17.1 Å². The number of likely N-dealkylation sites (tertiary alicyclic amines) is 1. The Morgan fingerprint density at radius 2 is 2.17 bits per heavy atom. The minimum atomic E-state index is 0. The molecular weight excluding hydrogens is 148 g/mol. The SMILES string of the molecule is C.CC1CCCN1C1CCNC1. The summed E-state index contributed by atoms with van der Waals surface area (Å²) < 4.78 is 0. The molecule has 2 nitrogen and oxygen atoms in total. The molecule has 0 saturated carbocycles. The van der Waals surface area contributed by atoms with Crippen molar-refractivity contribution in [2.24, 2.45) is 0 Å². The van der Waals surface area contributed by atoms with Gasteiger partial charge in [0.25, 0.3) is 0 Å². The molecule has 12 heavy (non-hydrogen) atoms. The van der Waals surface area contributed by atoms with Crippen molar-refractivity contribution in [3.63, 3.8) is 0 Å². The minimum absolute atomic E-state index is 0. The lowest BCUT2D eigenvalue weighted by molar-refractivity contribution is 0.202. The first-order valence-corrected chi connectivity index (χ1v) is 4.84. The quantitative estimate of drug-likeness (QED) is 0.641. The van der Waals surface area contributed by atoms with Crippen LogP contribution in [0.2, 0.25) is 0 Å². The maximum Gasteiger partial charge on any atom is 0.0235 e. The van der Waals surface area contributed by atoms with Gasteiger partial charge in [0.15, 0.2) is 0 Å². The Hall–Kier alpha value is -0.0800. The zero-order valence-corrected chi connectivity index (χ0v) is 7.34. The molecule has 2 aliphatic rings. The van der Waals surface area contributed by atoms with Crippen molar-refractivity contribution in [3.8, 4) is 0 Å². The first kappa shape index (κ1) is 10.0. The van der Waals surface area contributed by atoms with Gasteiger partial charge in [-0.25, -0.2) is 0 Å². The van der Waals surface area contributed by atoms with E-state index in [1.807, 2.05) is 0 Å². The van der Waals surface area contributed by atoms with Gasteiger partial charge in [-0.05, 0) is 39.3 Å². The van der Waals surface area contributed by atoms with Gasteiger partial charge in [-0.1, -0.05) is 7.43 Å². The predicted octanol–water partition coefficient (Wildman–Crippen LogP) is 1.47. The molecular formula is C10H22N2. The van der Waals surface area contributed by atoms with Crippen LogP contribution in [0.1, 0.15) is 33.6 Å². The Balaban J connectivity index is 0.000000720. The maximum absolute atomic E-state index is 3.43. The van der Waals surface area contributed by atoms with Crippen LogP contribution in [0.15, 0.2) is 0 Å². The molecule has 2 saturated heterocycles. The highest BCUT2D eigenvalue weighted by molar-refractivity contribution is 4.86. The van der Waals surface area contributed by atoms with Gasteiger partial charge in [-0.2, -0.15) is 0 Å². The van der Waals surface area contributed by atoms with Gasteiger partial charge in [0, 0.05) is 18.6 Å². The van der Waals surface area contributed by atoms with E-state index in [9.17, 15) is 0 Å². The summed E-state index contributed by atoms with van der Waals surface area (Å²) in [5.41, 5.74) is 0. The molecule has 1 N–H and O–H groups in total. The summed E-state index contributed by atoms with van der Waals surface area (Å²) in [5.74, 6) is 0. The Kier molecular flexibility index (Phi) is 3.53. The molecule has 2 rings (SSSR count). The first-order chi connectivity index (χ1) is 5.38. The molecule has 0 aromatic rings. The second-order valence-electron chi connectivity index (χ2n) is 3.88. The Morgan fingerprint density at radius 1 is 1.33 bits per heavy atom. The van der Waals surface area contributed by atoms with E-state index in [-0.39, 0.29) is 7.43 Å². The van der Waals surface area contributed by atoms with E-state index in [0.29, 0.717) is 0 Å². The highest BCUT2D eigenvalue weighted by Crippen LogP contribution is 2.21. The van der Waals surface area contributed by atoms with Crippen molar-refractivity contribution in [1.82, 2.24) is 10.2 Å². The molecule has 0 amide bonds. The first-order valence-electron chi connectivity index (χ1n) is 4.84. The van der Waals surface area contributed by atoms with Crippen molar-refractivity contribution in [2.75, 3.05) is 19.6 Å². The molecule has 0 aromatic heterocycles. The van der Waals surface area contributed by atoms with Crippen LogP contribution >= 0.6 is 0 Å². The normalized spacial score (nSPS) is 36.8. The van der Waals surface area contributed by atoms with Gasteiger partial charge in [0.05, 0.1) is 0 Å². The molecule has 0 bridgehead atoms. The van der Waals surface area contributed by atoms with Gasteiger partial charge in [0.2, 0.25) is 0 Å². The van der Waals surface area contributed by atoms with Crippen LogP contribution in [-0.2, 0) is 0 Å². The topological polar surface area (TPSA) is 15.3 Å². The predicted molar refractivity (Wildman–Crippen MR) is 53.4 cm³/mol. The molecule has 2 unspecified atom stereocenters. The van der Waals surface area contributed by atoms with E-state index in [4.69, 9.17) is 0 Å². The van der Waals surface area contributed by atoms with E-state index < -0.39 is 0 Å². The van der Waals surface area contributed by atoms with Gasteiger partial charge < -0.3 is 5.32 Å². The van der Waals surface area contributed by atoms with Crippen LogP contribution in [0.25, 0.3) is 0 Å². The number of rotatable bonds is 1. The second-order valence-corrected chi connectivity index (χ2v) is 3.88. The van der Waals surface area contributed by atoms with Crippen LogP contribution in [0.3, 0.4) is 0 Å². The van der Waals surface area contributed by atoms with Crippen LogP contribution in [-0.4, -0.2) is 36.6 Å². The highest BCUT2D eigenvalue weighted by atomic mass is 15.2. The zero-order valence-electron chi connectivity index (χ0n) is 7.34. The Bertz CT molecular complexity index is 130. The number of nitrogens with zero attached hydrogens (tertiary/aromatic N) is 1. The second kappa shape index (κ2) is 4.24. The summed E-state index contributed by atoms with van der Waals surface area (Å²) >= 11 is 0. The van der Waals surface area contributed by atoms with E-state index in [0.717, 1.165) is 12.1 Å². The Labute approximate surface area is 76.3 Å². The Morgan fingerprint density at radius 3 is 2.67 bits per heavy atom. The number of hydrogen-bond acceptors (Lipinski definition) is 2. The standard InChI is InChI=1S/C9H18N2.CH4/c1-8-3-2-6-11(8)9-4-5-10-7-9;/h8-10H,2-7H2,1H3;1H4. The van der Waals surface area contributed by atoms with Gasteiger partial charge in [0.1, 0.15) is 0 Å². The third-order valence-electron chi connectivity index (χ3n) is 3.11. The third kappa shape index (κ3) is 1.80. The number of hydrogen-bond donors (Lipinski definition) is 1. The van der Waals surface area contributed by atoms with Crippen molar-refractivity contribution in [3.05, 3.63) is 0 Å². The van der Waals surface area contributed by atoms with E-state index >= 15 is 0 Å². The lowest BCUT2D eigenvalue weighted by Crippen LogP contribution is -2.38. The van der Waals surface area contributed by atoms with Gasteiger partial charge >= 0.3 is 0 Å². The molecule has 0 aromatic carbocycles. The fraction of sp³-hybridized carbons (Fsp3) is 1.00. The summed E-state index contributed by atoms with van der Waals surface area (Å²) in [6.45, 7) is 6.16. The molecule has 2 atom stereocenters. The summed E-state index contributed by atoms with van der Waals surface area (Å²) in [6.07, 6.45) is 4.19. The molecule has 2 fully saturated rings. The van der Waals surface area contributed by atoms with Crippen LogP contribution < -0.4 is 5.32 Å². The summed E-state index contributed by atoms with van der Waals surface area (Å²) in [6, 6.07) is 1.70. The summed E-state index contributed by atoms with van der Waals surface area (Å²) in [5, 5.41) is 3.43. The van der Waals surface area contributed by atoms with Crippen molar-refractivity contribution in [1.29, 1.82) is 0 Å². The molecule has 72 valence electrons. The third-order valence-corrected chi connectivity index (χ3v) is 3.11. The molecule has 0 radical (unpaired) electrons. The molecule has 2 aliphatic heterocycles. The van der Waals surface area contributed by atoms with Crippen molar-refractivity contribution in [2.45, 2.75) is 45.7 Å². The lowest BCUT2D eigenvalue weighted by atomic mass is 10.2. The van der Waals surface area contributed by atoms with E-state index in [1.54, 1.807) is 0 Å². The maximum atomic E-state index is 3.43. The van der Waals surface area contributed by atoms with Gasteiger partial charge in [-0.3, -0.25) is 4.90 Å². The molecule has 2 heteroatoms. The summed E-state index contributed by atoms with van der Waals surface area (Å²) in [4.78, 5) is 2.68. The van der Waals surface area contributed by atoms with Gasteiger partial charge in [-0.15, -0.1) is 0 Å². The van der Waals surface area contributed by atoms with Crippen LogP contribution in [0.5, 0.6) is 0 Å². The largest absolute Gasteiger partial charge is 0.315 e. The molecule has 0 aliphatic carbocycles. The molecule has 0 spiro atoms. The smallest absolute Gasteiger partial charge is 0.0235 e.